The molecule has 25 heavy (non-hydrogen) atoms. The molecule has 5 nitrogen and oxygen atoms in total. The first-order valence-electron chi connectivity index (χ1n) is 8.94. The highest BCUT2D eigenvalue weighted by Gasteiger charge is 2.33. The van der Waals surface area contributed by atoms with Gasteiger partial charge in [-0.1, -0.05) is 13.3 Å². The number of H-pyrrole nitrogens is 1. The molecule has 0 bridgehead atoms. The third-order valence-corrected chi connectivity index (χ3v) is 4.68. The average Bonchev–Trinajstić information content (AvgIpc) is 3.10. The van der Waals surface area contributed by atoms with Gasteiger partial charge in [0.05, 0.1) is 18.5 Å². The van der Waals surface area contributed by atoms with Crippen molar-refractivity contribution in [1.82, 2.24) is 0 Å². The molecule has 0 saturated carbocycles. The summed E-state index contributed by atoms with van der Waals surface area (Å²) in [6.45, 7) is 7.45. The number of ether oxygens (including phenoxy) is 1. The van der Waals surface area contributed by atoms with E-state index in [2.05, 4.69) is 37.1 Å². The lowest BCUT2D eigenvalue weighted by Crippen LogP contribution is -2.36. The number of hydrogen-bond acceptors (Lipinski definition) is 4. The second kappa shape index (κ2) is 7.28. The first-order chi connectivity index (χ1) is 12.0. The third kappa shape index (κ3) is 3.85. The van der Waals surface area contributed by atoms with Crippen molar-refractivity contribution in [3.8, 4) is 6.07 Å². The van der Waals surface area contributed by atoms with Crippen LogP contribution >= 0.6 is 0 Å². The van der Waals surface area contributed by atoms with Gasteiger partial charge in [-0.2, -0.15) is 5.26 Å². The largest absolute Gasteiger partial charge is 0.465 e. The number of nitriles is 1. The van der Waals surface area contributed by atoms with Crippen molar-refractivity contribution in [2.75, 3.05) is 5.32 Å². The number of rotatable bonds is 6. The Kier molecular flexibility index (Phi) is 5.10. The second-order valence-corrected chi connectivity index (χ2v) is 7.18. The highest BCUT2D eigenvalue weighted by atomic mass is 16.5. The Morgan fingerprint density at radius 2 is 2.20 bits per heavy atom. The van der Waals surface area contributed by atoms with E-state index in [-0.39, 0.29) is 5.60 Å². The molecule has 132 valence electrons. The predicted molar refractivity (Wildman–Crippen MR) is 94.9 cm³/mol. The average molecular weight is 340 g/mol. The van der Waals surface area contributed by atoms with Gasteiger partial charge in [0.2, 0.25) is 0 Å². The molecule has 0 aliphatic carbocycles. The highest BCUT2D eigenvalue weighted by molar-refractivity contribution is 5.56. The summed E-state index contributed by atoms with van der Waals surface area (Å²) in [7, 11) is 0. The Labute approximate surface area is 149 Å². The lowest BCUT2D eigenvalue weighted by Gasteiger charge is -2.32. The molecule has 2 N–H and O–H groups in total. The Morgan fingerprint density at radius 3 is 2.88 bits per heavy atom. The Balaban J connectivity index is 1.99. The number of aromatic nitrogens is 1. The number of fused-ring (bicyclic) bond motifs is 1. The number of nitrogens with zero attached hydrogens (tertiary/aromatic N) is 1. The number of hydrogen-bond donors (Lipinski definition) is 1. The second-order valence-electron chi connectivity index (χ2n) is 7.18. The molecular formula is C20H26N3O2+. The monoisotopic (exact) mass is 340 g/mol. The van der Waals surface area contributed by atoms with Crippen molar-refractivity contribution in [2.24, 2.45) is 0 Å². The number of nitrogens with one attached hydrogen (secondary N) is 2. The normalized spacial score (nSPS) is 15.4. The lowest BCUT2D eigenvalue weighted by molar-refractivity contribution is -0.376. The first kappa shape index (κ1) is 17.5. The van der Waals surface area contributed by atoms with E-state index in [1.165, 1.54) is 5.69 Å². The van der Waals surface area contributed by atoms with Crippen LogP contribution in [0, 0.1) is 11.3 Å². The van der Waals surface area contributed by atoms with E-state index in [0.29, 0.717) is 18.7 Å². The van der Waals surface area contributed by atoms with Crippen molar-refractivity contribution in [1.29, 1.82) is 5.26 Å². The molecule has 0 radical (unpaired) electrons. The van der Waals surface area contributed by atoms with Crippen LogP contribution in [-0.4, -0.2) is 5.60 Å². The topological polar surface area (TPSA) is 72.3 Å². The van der Waals surface area contributed by atoms with Gasteiger partial charge in [0.25, 0.3) is 5.82 Å². The molecule has 0 spiro atoms. The van der Waals surface area contributed by atoms with Gasteiger partial charge in [0.15, 0.2) is 0 Å². The van der Waals surface area contributed by atoms with Crippen molar-refractivity contribution < 1.29 is 14.1 Å². The molecule has 2 aromatic rings. The van der Waals surface area contributed by atoms with E-state index in [0.717, 1.165) is 48.4 Å². The van der Waals surface area contributed by atoms with Gasteiger partial charge in [-0.3, -0.25) is 5.32 Å². The third-order valence-electron chi connectivity index (χ3n) is 4.68. The van der Waals surface area contributed by atoms with Crippen molar-refractivity contribution in [3.05, 3.63) is 46.5 Å². The summed E-state index contributed by atoms with van der Waals surface area (Å²) in [6.07, 6.45) is 5.60. The van der Waals surface area contributed by atoms with Crippen LogP contribution in [0.1, 0.15) is 61.8 Å². The van der Waals surface area contributed by atoms with Crippen molar-refractivity contribution in [2.45, 2.75) is 65.2 Å². The summed E-state index contributed by atoms with van der Waals surface area (Å²) in [5.41, 5.74) is 3.89. The van der Waals surface area contributed by atoms with E-state index in [1.54, 1.807) is 6.26 Å². The number of anilines is 1. The maximum Gasteiger partial charge on any atom is 0.291 e. The summed E-state index contributed by atoms with van der Waals surface area (Å²) in [5.74, 6) is 1.62. The van der Waals surface area contributed by atoms with Crippen LogP contribution in [0.3, 0.4) is 0 Å². The lowest BCUT2D eigenvalue weighted by atomic mass is 9.87. The number of furan rings is 1. The van der Waals surface area contributed by atoms with Crippen LogP contribution in [0.2, 0.25) is 0 Å². The summed E-state index contributed by atoms with van der Waals surface area (Å²) in [4.78, 5) is 3.46. The zero-order valence-electron chi connectivity index (χ0n) is 15.2. The fourth-order valence-corrected chi connectivity index (χ4v) is 3.30. The molecule has 0 unspecified atom stereocenters. The molecular weight excluding hydrogens is 314 g/mol. The van der Waals surface area contributed by atoms with Gasteiger partial charge >= 0.3 is 0 Å². The van der Waals surface area contributed by atoms with E-state index in [1.807, 2.05) is 12.1 Å². The minimum Gasteiger partial charge on any atom is -0.465 e. The fraction of sp³-hybridized carbons (Fsp3) is 0.500. The molecule has 3 rings (SSSR count). The van der Waals surface area contributed by atoms with Crippen LogP contribution in [0.15, 0.2) is 22.8 Å². The quantitative estimate of drug-likeness (QED) is 0.869. The number of aryl methyl sites for hydroxylation is 1. The van der Waals surface area contributed by atoms with Crippen molar-refractivity contribution >= 4 is 5.82 Å². The minimum absolute atomic E-state index is 0.250. The molecule has 1 aliphatic rings. The molecule has 5 heteroatoms. The Hall–Kier alpha value is -2.32. The van der Waals surface area contributed by atoms with E-state index in [4.69, 9.17) is 9.15 Å². The number of aromatic amines is 1. The standard InChI is InChI=1S/C20H25N3O2/c1-4-5-8-18-17-13-25-20(2,3)10-15(17)16(11-21)19(23-18)22-12-14-7-6-9-24-14/h6-7,9H,4-5,8,10,12-13H2,1-3H3,(H,22,23)/p+1. The van der Waals surface area contributed by atoms with Gasteiger partial charge in [0, 0.05) is 18.4 Å². The molecule has 3 heterocycles. The number of unbranched alkanes of at least 4 members (excludes halogenated alkanes) is 1. The molecule has 2 aromatic heterocycles. The number of pyridine rings is 1. The van der Waals surface area contributed by atoms with Gasteiger partial charge in [-0.05, 0) is 38.0 Å². The van der Waals surface area contributed by atoms with E-state index in [9.17, 15) is 5.26 Å². The summed E-state index contributed by atoms with van der Waals surface area (Å²) in [5, 5.41) is 13.1. The predicted octanol–water partition coefficient (Wildman–Crippen LogP) is 3.77. The van der Waals surface area contributed by atoms with E-state index < -0.39 is 0 Å². The van der Waals surface area contributed by atoms with Gasteiger partial charge in [-0.25, -0.2) is 4.98 Å². The SMILES string of the molecule is CCCCc1[nH+]c(NCc2ccco2)c(C#N)c2c1COC(C)(C)C2. The molecule has 0 saturated heterocycles. The Morgan fingerprint density at radius 1 is 1.36 bits per heavy atom. The molecule has 0 aromatic carbocycles. The smallest absolute Gasteiger partial charge is 0.291 e. The molecule has 0 fully saturated rings. The van der Waals surface area contributed by atoms with Crippen LogP contribution in [0.25, 0.3) is 0 Å². The summed E-state index contributed by atoms with van der Waals surface area (Å²) < 4.78 is 11.4. The molecule has 0 atom stereocenters. The maximum absolute atomic E-state index is 9.79. The van der Waals surface area contributed by atoms with E-state index >= 15 is 0 Å². The summed E-state index contributed by atoms with van der Waals surface area (Å²) in [6, 6.07) is 6.18. The minimum atomic E-state index is -0.250. The first-order valence-corrected chi connectivity index (χ1v) is 8.94. The van der Waals surface area contributed by atoms with Crippen molar-refractivity contribution in [3.63, 3.8) is 0 Å². The fourth-order valence-electron chi connectivity index (χ4n) is 3.30. The maximum atomic E-state index is 9.79. The van der Waals surface area contributed by atoms with Gasteiger partial charge < -0.3 is 9.15 Å². The van der Waals surface area contributed by atoms with Crippen LogP contribution in [-0.2, 0) is 30.7 Å². The van der Waals surface area contributed by atoms with Crippen LogP contribution < -0.4 is 10.3 Å². The molecule has 1 aliphatic heterocycles. The van der Waals surface area contributed by atoms with Gasteiger partial charge in [-0.15, -0.1) is 0 Å². The molecule has 0 amide bonds. The zero-order valence-corrected chi connectivity index (χ0v) is 15.2. The zero-order chi connectivity index (χ0) is 17.9. The van der Waals surface area contributed by atoms with Crippen LogP contribution in [0.5, 0.6) is 0 Å². The Bertz CT molecular complexity index is 773. The highest BCUT2D eigenvalue weighted by Crippen LogP contribution is 2.33. The van der Waals surface area contributed by atoms with Crippen LogP contribution in [0.4, 0.5) is 5.82 Å². The van der Waals surface area contributed by atoms with Gasteiger partial charge in [0.1, 0.15) is 29.6 Å². The summed E-state index contributed by atoms with van der Waals surface area (Å²) >= 11 is 0.